The number of fused-ring (bicyclic) bond motifs is 1. The number of aromatic nitrogens is 1. The number of benzene rings is 2. The number of amides is 2. The first-order valence-electron chi connectivity index (χ1n) is 7.89. The monoisotopic (exact) mass is 398 g/mol. The minimum absolute atomic E-state index is 0.207. The third-order valence-corrected chi connectivity index (χ3v) is 5.44. The highest BCUT2D eigenvalue weighted by atomic mass is 35.5. The Balaban J connectivity index is 1.59. The van der Waals surface area contributed by atoms with E-state index < -0.39 is 17.8 Å². The summed E-state index contributed by atoms with van der Waals surface area (Å²) in [4.78, 5) is 46.9. The fourth-order valence-corrected chi connectivity index (χ4v) is 3.75. The van der Waals surface area contributed by atoms with Crippen LogP contribution in [0.4, 0.5) is 0 Å². The topological polar surface area (TPSA) is 76.6 Å². The van der Waals surface area contributed by atoms with Gasteiger partial charge in [-0.3, -0.25) is 9.59 Å². The molecule has 6 nitrogen and oxygen atoms in total. The van der Waals surface area contributed by atoms with Crippen molar-refractivity contribution in [3.05, 3.63) is 75.3 Å². The number of hydroxylamine groups is 2. The van der Waals surface area contributed by atoms with Crippen molar-refractivity contribution in [2.75, 3.05) is 0 Å². The highest BCUT2D eigenvalue weighted by molar-refractivity contribution is 7.17. The van der Waals surface area contributed by atoms with E-state index in [0.717, 1.165) is 16.9 Å². The van der Waals surface area contributed by atoms with Crippen LogP contribution in [-0.4, -0.2) is 27.8 Å². The van der Waals surface area contributed by atoms with Gasteiger partial charge < -0.3 is 4.84 Å². The number of nitrogens with zero attached hydrogens (tertiary/aromatic N) is 2. The quantitative estimate of drug-likeness (QED) is 0.620. The van der Waals surface area contributed by atoms with Gasteiger partial charge in [0.1, 0.15) is 9.88 Å². The second-order valence-corrected chi connectivity index (χ2v) is 7.20. The van der Waals surface area contributed by atoms with Gasteiger partial charge in [-0.25, -0.2) is 9.78 Å². The van der Waals surface area contributed by atoms with Crippen LogP contribution in [0.1, 0.15) is 36.1 Å². The smallest absolute Gasteiger partial charge is 0.323 e. The zero-order valence-electron chi connectivity index (χ0n) is 13.9. The van der Waals surface area contributed by atoms with E-state index in [0.29, 0.717) is 20.8 Å². The van der Waals surface area contributed by atoms with E-state index in [1.807, 2.05) is 0 Å². The molecule has 0 unspecified atom stereocenters. The molecule has 0 N–H and O–H groups in total. The van der Waals surface area contributed by atoms with Crippen molar-refractivity contribution in [1.82, 2.24) is 10.0 Å². The number of thiazole rings is 1. The zero-order valence-corrected chi connectivity index (χ0v) is 15.5. The minimum Gasteiger partial charge on any atom is -0.323 e. The molecule has 0 saturated carbocycles. The van der Waals surface area contributed by atoms with Crippen LogP contribution in [0.15, 0.2) is 48.5 Å². The number of carbonyl (C=O) groups excluding carboxylic acids is 3. The Bertz CT molecular complexity index is 1060. The molecular weight excluding hydrogens is 388 g/mol. The van der Waals surface area contributed by atoms with Crippen molar-refractivity contribution in [3.63, 3.8) is 0 Å². The number of carbonyl (C=O) groups is 3. The van der Waals surface area contributed by atoms with E-state index in [2.05, 4.69) is 4.98 Å². The SMILES string of the molecule is Cc1nc(-c2ccc(Cl)cc2)sc1C(=O)ON1C(=O)c2ccccc2C1=O. The number of hydrogen-bond acceptors (Lipinski definition) is 6. The van der Waals surface area contributed by atoms with E-state index in [1.165, 1.54) is 12.1 Å². The molecular formula is C19H11ClN2O4S. The van der Waals surface area contributed by atoms with Crippen LogP contribution >= 0.6 is 22.9 Å². The van der Waals surface area contributed by atoms with Crippen LogP contribution < -0.4 is 0 Å². The predicted molar refractivity (Wildman–Crippen MR) is 99.7 cm³/mol. The number of halogens is 1. The van der Waals surface area contributed by atoms with E-state index in [-0.39, 0.29) is 16.0 Å². The molecule has 0 saturated heterocycles. The van der Waals surface area contributed by atoms with E-state index in [9.17, 15) is 14.4 Å². The Morgan fingerprint density at radius 2 is 1.63 bits per heavy atom. The summed E-state index contributed by atoms with van der Waals surface area (Å²) in [6.45, 7) is 1.66. The van der Waals surface area contributed by atoms with Crippen LogP contribution in [0.3, 0.4) is 0 Å². The average Bonchev–Trinajstić information content (AvgIpc) is 3.16. The maximum atomic E-state index is 12.5. The molecule has 1 aliphatic rings. The van der Waals surface area contributed by atoms with Crippen LogP contribution in [0, 0.1) is 6.92 Å². The second kappa shape index (κ2) is 6.61. The molecule has 2 aromatic carbocycles. The Labute approximate surface area is 162 Å². The summed E-state index contributed by atoms with van der Waals surface area (Å²) < 4.78 is 0. The summed E-state index contributed by atoms with van der Waals surface area (Å²) in [5.41, 5.74) is 1.66. The molecule has 0 bridgehead atoms. The molecule has 8 heteroatoms. The minimum atomic E-state index is -0.806. The molecule has 0 spiro atoms. The van der Waals surface area contributed by atoms with Crippen LogP contribution in [0.25, 0.3) is 10.6 Å². The standard InChI is InChI=1S/C19H11ClN2O4S/c1-10-15(27-16(21-10)11-6-8-12(20)9-7-11)19(25)26-22-17(23)13-4-2-3-5-14(13)18(22)24/h2-9H,1H3. The molecule has 4 rings (SSSR count). The Kier molecular flexibility index (Phi) is 4.25. The molecule has 2 amide bonds. The Hall–Kier alpha value is -3.03. The molecule has 3 aromatic rings. The number of hydrogen-bond donors (Lipinski definition) is 0. The molecule has 27 heavy (non-hydrogen) atoms. The molecule has 1 aromatic heterocycles. The summed E-state index contributed by atoms with van der Waals surface area (Å²) in [5.74, 6) is -2.13. The predicted octanol–water partition coefficient (Wildman–Crippen LogP) is 4.14. The Morgan fingerprint density at radius 3 is 2.22 bits per heavy atom. The van der Waals surface area contributed by atoms with E-state index in [4.69, 9.17) is 16.4 Å². The Morgan fingerprint density at radius 1 is 1.04 bits per heavy atom. The van der Waals surface area contributed by atoms with Gasteiger partial charge in [-0.05, 0) is 31.2 Å². The summed E-state index contributed by atoms with van der Waals surface area (Å²) in [6.07, 6.45) is 0. The van der Waals surface area contributed by atoms with Gasteiger partial charge >= 0.3 is 5.97 Å². The van der Waals surface area contributed by atoms with Crippen molar-refractivity contribution in [2.45, 2.75) is 6.92 Å². The largest absolute Gasteiger partial charge is 0.375 e. The molecule has 1 aliphatic heterocycles. The number of imide groups is 1. The van der Waals surface area contributed by atoms with Gasteiger partial charge in [0.25, 0.3) is 11.8 Å². The fourth-order valence-electron chi connectivity index (χ4n) is 2.68. The van der Waals surface area contributed by atoms with E-state index in [1.54, 1.807) is 43.3 Å². The molecule has 0 radical (unpaired) electrons. The van der Waals surface area contributed by atoms with Crippen LogP contribution in [0.2, 0.25) is 5.02 Å². The van der Waals surface area contributed by atoms with Crippen molar-refractivity contribution in [3.8, 4) is 10.6 Å². The van der Waals surface area contributed by atoms with Crippen molar-refractivity contribution >= 4 is 40.7 Å². The first kappa shape index (κ1) is 17.4. The first-order chi connectivity index (χ1) is 13.0. The highest BCUT2D eigenvalue weighted by Gasteiger charge is 2.39. The van der Waals surface area contributed by atoms with Crippen molar-refractivity contribution < 1.29 is 19.2 Å². The lowest BCUT2D eigenvalue weighted by Gasteiger charge is -2.11. The van der Waals surface area contributed by atoms with Crippen molar-refractivity contribution in [1.29, 1.82) is 0 Å². The highest BCUT2D eigenvalue weighted by Crippen LogP contribution is 2.30. The van der Waals surface area contributed by atoms with Gasteiger partial charge in [0, 0.05) is 10.6 Å². The van der Waals surface area contributed by atoms with E-state index >= 15 is 0 Å². The molecule has 134 valence electrons. The average molecular weight is 399 g/mol. The van der Waals surface area contributed by atoms with Gasteiger partial charge in [0.15, 0.2) is 0 Å². The molecule has 0 atom stereocenters. The zero-order chi connectivity index (χ0) is 19.1. The third-order valence-electron chi connectivity index (χ3n) is 4.00. The maximum absolute atomic E-state index is 12.5. The summed E-state index contributed by atoms with van der Waals surface area (Å²) >= 11 is 7.00. The van der Waals surface area contributed by atoms with Gasteiger partial charge in [0.2, 0.25) is 0 Å². The van der Waals surface area contributed by atoms with Crippen LogP contribution in [-0.2, 0) is 4.84 Å². The van der Waals surface area contributed by atoms with Gasteiger partial charge in [-0.15, -0.1) is 11.3 Å². The fraction of sp³-hybridized carbons (Fsp3) is 0.0526. The number of rotatable bonds is 3. The normalized spacial score (nSPS) is 13.0. The lowest BCUT2D eigenvalue weighted by atomic mass is 10.1. The maximum Gasteiger partial charge on any atom is 0.375 e. The third kappa shape index (κ3) is 3.01. The van der Waals surface area contributed by atoms with Gasteiger partial charge in [0.05, 0.1) is 16.8 Å². The first-order valence-corrected chi connectivity index (χ1v) is 9.08. The summed E-state index contributed by atoms with van der Waals surface area (Å²) in [7, 11) is 0. The summed E-state index contributed by atoms with van der Waals surface area (Å²) in [5, 5.41) is 1.70. The van der Waals surface area contributed by atoms with Crippen LogP contribution in [0.5, 0.6) is 0 Å². The number of aryl methyl sites for hydroxylation is 1. The van der Waals surface area contributed by atoms with Crippen molar-refractivity contribution in [2.24, 2.45) is 0 Å². The second-order valence-electron chi connectivity index (χ2n) is 5.77. The lowest BCUT2D eigenvalue weighted by molar-refractivity contribution is -0.0581. The lowest BCUT2D eigenvalue weighted by Crippen LogP contribution is -2.32. The molecule has 0 aliphatic carbocycles. The molecule has 0 fully saturated rings. The van der Waals surface area contributed by atoms with Gasteiger partial charge in [-0.2, -0.15) is 0 Å². The summed E-state index contributed by atoms with van der Waals surface area (Å²) in [6, 6.07) is 13.3. The van der Waals surface area contributed by atoms with Gasteiger partial charge in [-0.1, -0.05) is 40.9 Å². The molecule has 2 heterocycles.